The van der Waals surface area contributed by atoms with E-state index in [0.717, 1.165) is 31.9 Å². The minimum Gasteiger partial charge on any atom is -0.374 e. The van der Waals surface area contributed by atoms with Crippen molar-refractivity contribution in [1.29, 1.82) is 0 Å². The number of likely N-dealkylation sites (N-methyl/N-ethyl adjacent to an activating group) is 2. The largest absolute Gasteiger partial charge is 0.374 e. The minimum absolute atomic E-state index is 0.202. The number of morpholine rings is 1. The molecule has 1 fully saturated rings. The molecule has 0 radical (unpaired) electrons. The van der Waals surface area contributed by atoms with Crippen molar-refractivity contribution in [3.8, 4) is 0 Å². The maximum Gasteiger partial charge on any atom is 0.0897 e. The first kappa shape index (κ1) is 13.5. The number of aromatic nitrogens is 1. The molecule has 4 nitrogen and oxygen atoms in total. The molecule has 2 heterocycles. The van der Waals surface area contributed by atoms with Gasteiger partial charge in [0.25, 0.3) is 0 Å². The van der Waals surface area contributed by atoms with E-state index in [2.05, 4.69) is 34.3 Å². The van der Waals surface area contributed by atoms with Crippen LogP contribution in [0.5, 0.6) is 0 Å². The lowest BCUT2D eigenvalue weighted by Gasteiger charge is -2.36. The van der Waals surface area contributed by atoms with Gasteiger partial charge in [-0.25, -0.2) is 0 Å². The summed E-state index contributed by atoms with van der Waals surface area (Å²) in [5.74, 6) is 0. The maximum absolute atomic E-state index is 5.92. The average molecular weight is 249 g/mol. The van der Waals surface area contributed by atoms with Gasteiger partial charge in [0.2, 0.25) is 0 Å². The van der Waals surface area contributed by atoms with Gasteiger partial charge in [0.1, 0.15) is 0 Å². The molecule has 0 saturated carbocycles. The summed E-state index contributed by atoms with van der Waals surface area (Å²) in [6, 6.07) is 4.41. The van der Waals surface area contributed by atoms with Gasteiger partial charge in [-0.15, -0.1) is 0 Å². The first-order valence-electron chi connectivity index (χ1n) is 6.68. The SMILES string of the molecule is CCN1CCOC(C(NC)c2ccc(C)nc2)C1. The van der Waals surface area contributed by atoms with Gasteiger partial charge >= 0.3 is 0 Å². The van der Waals surface area contributed by atoms with E-state index in [0.29, 0.717) is 0 Å². The fraction of sp³-hybridized carbons (Fsp3) is 0.643. The van der Waals surface area contributed by atoms with Crippen LogP contribution in [0.4, 0.5) is 0 Å². The first-order chi connectivity index (χ1) is 8.74. The molecule has 2 atom stereocenters. The molecule has 2 unspecified atom stereocenters. The first-order valence-corrected chi connectivity index (χ1v) is 6.68. The van der Waals surface area contributed by atoms with Crippen LogP contribution < -0.4 is 5.32 Å². The lowest BCUT2D eigenvalue weighted by molar-refractivity contribution is -0.0445. The van der Waals surface area contributed by atoms with Crippen molar-refractivity contribution in [2.75, 3.05) is 33.3 Å². The zero-order chi connectivity index (χ0) is 13.0. The average Bonchev–Trinajstić information content (AvgIpc) is 2.42. The van der Waals surface area contributed by atoms with Gasteiger partial charge in [0, 0.05) is 25.0 Å². The van der Waals surface area contributed by atoms with Crippen molar-refractivity contribution in [3.63, 3.8) is 0 Å². The van der Waals surface area contributed by atoms with Gasteiger partial charge in [0.05, 0.1) is 18.8 Å². The van der Waals surface area contributed by atoms with Crippen LogP contribution in [-0.2, 0) is 4.74 Å². The molecule has 100 valence electrons. The Morgan fingerprint density at radius 1 is 1.56 bits per heavy atom. The Hall–Kier alpha value is -0.970. The minimum atomic E-state index is 0.202. The van der Waals surface area contributed by atoms with Crippen molar-refractivity contribution in [1.82, 2.24) is 15.2 Å². The van der Waals surface area contributed by atoms with Crippen LogP contribution in [0.1, 0.15) is 24.2 Å². The number of hydrogen-bond donors (Lipinski definition) is 1. The number of aryl methyl sites for hydroxylation is 1. The quantitative estimate of drug-likeness (QED) is 0.874. The van der Waals surface area contributed by atoms with Crippen LogP contribution in [0.2, 0.25) is 0 Å². The Labute approximate surface area is 109 Å². The topological polar surface area (TPSA) is 37.4 Å². The predicted octanol–water partition coefficient (Wildman–Crippen LogP) is 1.37. The monoisotopic (exact) mass is 249 g/mol. The van der Waals surface area contributed by atoms with Gasteiger partial charge in [-0.2, -0.15) is 0 Å². The summed E-state index contributed by atoms with van der Waals surface area (Å²) in [5, 5.41) is 3.36. The number of rotatable bonds is 4. The molecule has 1 aromatic rings. The Balaban J connectivity index is 2.10. The lowest BCUT2D eigenvalue weighted by Crippen LogP contribution is -2.47. The molecule has 1 aromatic heterocycles. The van der Waals surface area contributed by atoms with E-state index in [1.807, 2.05) is 20.2 Å². The standard InChI is InChI=1S/C14H23N3O/c1-4-17-7-8-18-13(10-17)14(15-3)12-6-5-11(2)16-9-12/h5-6,9,13-15H,4,7-8,10H2,1-3H3. The van der Waals surface area contributed by atoms with Gasteiger partial charge < -0.3 is 10.1 Å². The van der Waals surface area contributed by atoms with E-state index >= 15 is 0 Å². The number of nitrogens with one attached hydrogen (secondary N) is 1. The molecule has 18 heavy (non-hydrogen) atoms. The molecule has 2 rings (SSSR count). The lowest BCUT2D eigenvalue weighted by atomic mass is 10.0. The number of hydrogen-bond acceptors (Lipinski definition) is 4. The van der Waals surface area contributed by atoms with Crippen LogP contribution in [0.3, 0.4) is 0 Å². The van der Waals surface area contributed by atoms with Gasteiger partial charge in [-0.3, -0.25) is 9.88 Å². The third kappa shape index (κ3) is 3.07. The van der Waals surface area contributed by atoms with Crippen LogP contribution in [0.25, 0.3) is 0 Å². The van der Waals surface area contributed by atoms with E-state index in [-0.39, 0.29) is 12.1 Å². The van der Waals surface area contributed by atoms with Crippen LogP contribution in [0.15, 0.2) is 18.3 Å². The molecule has 1 saturated heterocycles. The van der Waals surface area contributed by atoms with E-state index in [1.165, 1.54) is 5.56 Å². The van der Waals surface area contributed by atoms with E-state index in [4.69, 9.17) is 4.74 Å². The summed E-state index contributed by atoms with van der Waals surface area (Å²) in [7, 11) is 1.98. The van der Waals surface area contributed by atoms with E-state index < -0.39 is 0 Å². The zero-order valence-corrected chi connectivity index (χ0v) is 11.5. The van der Waals surface area contributed by atoms with Gasteiger partial charge in [0.15, 0.2) is 0 Å². The van der Waals surface area contributed by atoms with Crippen LogP contribution in [0, 0.1) is 6.92 Å². The fourth-order valence-corrected chi connectivity index (χ4v) is 2.45. The third-order valence-corrected chi connectivity index (χ3v) is 3.60. The second-order valence-corrected chi connectivity index (χ2v) is 4.80. The molecular weight excluding hydrogens is 226 g/mol. The molecule has 4 heteroatoms. The highest BCUT2D eigenvalue weighted by Gasteiger charge is 2.27. The molecule has 1 N–H and O–H groups in total. The fourth-order valence-electron chi connectivity index (χ4n) is 2.45. The second-order valence-electron chi connectivity index (χ2n) is 4.80. The number of ether oxygens (including phenoxy) is 1. The molecule has 0 spiro atoms. The third-order valence-electron chi connectivity index (χ3n) is 3.60. The van der Waals surface area contributed by atoms with Crippen LogP contribution in [-0.4, -0.2) is 49.3 Å². The Bertz CT molecular complexity index is 366. The maximum atomic E-state index is 5.92. The van der Waals surface area contributed by atoms with Crippen molar-refractivity contribution in [2.24, 2.45) is 0 Å². The second kappa shape index (κ2) is 6.27. The summed E-state index contributed by atoms with van der Waals surface area (Å²) in [4.78, 5) is 6.80. The molecule has 0 amide bonds. The zero-order valence-electron chi connectivity index (χ0n) is 11.5. The number of pyridine rings is 1. The summed E-state index contributed by atoms with van der Waals surface area (Å²) in [5.41, 5.74) is 2.25. The van der Waals surface area contributed by atoms with Crippen molar-refractivity contribution in [2.45, 2.75) is 26.0 Å². The summed E-state index contributed by atoms with van der Waals surface area (Å²) < 4.78 is 5.92. The van der Waals surface area contributed by atoms with Gasteiger partial charge in [-0.1, -0.05) is 13.0 Å². The van der Waals surface area contributed by atoms with Crippen LogP contribution >= 0.6 is 0 Å². The normalized spacial score (nSPS) is 22.9. The molecule has 1 aliphatic rings. The van der Waals surface area contributed by atoms with Gasteiger partial charge in [-0.05, 0) is 32.1 Å². The number of nitrogens with zero attached hydrogens (tertiary/aromatic N) is 2. The van der Waals surface area contributed by atoms with E-state index in [9.17, 15) is 0 Å². The Morgan fingerprint density at radius 2 is 2.39 bits per heavy atom. The predicted molar refractivity (Wildman–Crippen MR) is 72.6 cm³/mol. The van der Waals surface area contributed by atoms with Crippen molar-refractivity contribution >= 4 is 0 Å². The smallest absolute Gasteiger partial charge is 0.0897 e. The highest BCUT2D eigenvalue weighted by Crippen LogP contribution is 2.21. The summed E-state index contributed by atoms with van der Waals surface area (Å²) >= 11 is 0. The summed E-state index contributed by atoms with van der Waals surface area (Å²) in [6.45, 7) is 8.13. The molecule has 0 aromatic carbocycles. The molecule has 0 bridgehead atoms. The van der Waals surface area contributed by atoms with E-state index in [1.54, 1.807) is 0 Å². The highest BCUT2D eigenvalue weighted by molar-refractivity contribution is 5.18. The summed E-state index contributed by atoms with van der Waals surface area (Å²) in [6.07, 6.45) is 2.15. The highest BCUT2D eigenvalue weighted by atomic mass is 16.5. The van der Waals surface area contributed by atoms with Crippen molar-refractivity contribution in [3.05, 3.63) is 29.6 Å². The Kier molecular flexibility index (Phi) is 4.69. The molecule has 0 aliphatic carbocycles. The van der Waals surface area contributed by atoms with Crippen molar-refractivity contribution < 1.29 is 4.74 Å². The molecule has 1 aliphatic heterocycles. The molecular formula is C14H23N3O. The Morgan fingerprint density at radius 3 is 3.00 bits per heavy atom.